The third-order valence-corrected chi connectivity index (χ3v) is 4.53. The number of piperidine rings is 1. The first kappa shape index (κ1) is 17.4. The molecule has 1 aliphatic heterocycles. The van der Waals surface area contributed by atoms with Crippen LogP contribution in [-0.2, 0) is 11.2 Å². The van der Waals surface area contributed by atoms with Crippen molar-refractivity contribution in [1.82, 2.24) is 15.3 Å². The van der Waals surface area contributed by atoms with E-state index in [0.29, 0.717) is 12.1 Å². The molecular formula is C19H24N4O2. The van der Waals surface area contributed by atoms with Gasteiger partial charge in [0.15, 0.2) is 6.10 Å². The average molecular weight is 340 g/mol. The number of carbonyl (C=O) groups excluding carboxylic acids is 1. The number of hydrogen-bond donors (Lipinski definition) is 2. The highest BCUT2D eigenvalue weighted by Gasteiger charge is 2.25. The van der Waals surface area contributed by atoms with Crippen LogP contribution >= 0.6 is 0 Å². The van der Waals surface area contributed by atoms with E-state index in [1.54, 1.807) is 18.5 Å². The number of anilines is 1. The SMILES string of the molecule is CCc1cc(N2CCC[C@@H](NC(=O)[C@H](O)c3ccccc3)C2)ncn1. The van der Waals surface area contributed by atoms with Crippen LogP contribution in [0.3, 0.4) is 0 Å². The van der Waals surface area contributed by atoms with Gasteiger partial charge in [-0.2, -0.15) is 0 Å². The van der Waals surface area contributed by atoms with E-state index in [1.807, 2.05) is 24.3 Å². The molecule has 0 radical (unpaired) electrons. The predicted molar refractivity (Wildman–Crippen MR) is 96.2 cm³/mol. The van der Waals surface area contributed by atoms with Crippen LogP contribution in [0.2, 0.25) is 0 Å². The average Bonchev–Trinajstić information content (AvgIpc) is 2.68. The number of nitrogens with one attached hydrogen (secondary N) is 1. The number of aliphatic hydroxyl groups is 1. The van der Waals surface area contributed by atoms with Gasteiger partial charge in [0.1, 0.15) is 12.1 Å². The van der Waals surface area contributed by atoms with Crippen LogP contribution in [0, 0.1) is 0 Å². The summed E-state index contributed by atoms with van der Waals surface area (Å²) in [4.78, 5) is 23.1. The van der Waals surface area contributed by atoms with Crippen LogP contribution < -0.4 is 10.2 Å². The van der Waals surface area contributed by atoms with Gasteiger partial charge in [0.05, 0.1) is 0 Å². The van der Waals surface area contributed by atoms with E-state index in [4.69, 9.17) is 0 Å². The number of nitrogens with zero attached hydrogens (tertiary/aromatic N) is 3. The third kappa shape index (κ3) is 4.33. The van der Waals surface area contributed by atoms with Gasteiger partial charge in [-0.05, 0) is 24.8 Å². The van der Waals surface area contributed by atoms with Gasteiger partial charge < -0.3 is 15.3 Å². The molecule has 25 heavy (non-hydrogen) atoms. The normalized spacial score (nSPS) is 18.6. The lowest BCUT2D eigenvalue weighted by molar-refractivity contribution is -0.130. The Balaban J connectivity index is 1.62. The first-order valence-electron chi connectivity index (χ1n) is 8.76. The molecule has 1 aromatic heterocycles. The van der Waals surface area contributed by atoms with Gasteiger partial charge >= 0.3 is 0 Å². The zero-order chi connectivity index (χ0) is 17.6. The van der Waals surface area contributed by atoms with E-state index in [0.717, 1.165) is 37.3 Å². The van der Waals surface area contributed by atoms with Crippen molar-refractivity contribution in [3.63, 3.8) is 0 Å². The summed E-state index contributed by atoms with van der Waals surface area (Å²) >= 11 is 0. The topological polar surface area (TPSA) is 78.4 Å². The van der Waals surface area contributed by atoms with E-state index in [1.165, 1.54) is 0 Å². The number of aliphatic hydroxyl groups excluding tert-OH is 1. The molecular weight excluding hydrogens is 316 g/mol. The molecule has 0 saturated carbocycles. The van der Waals surface area contributed by atoms with Crippen LogP contribution in [0.4, 0.5) is 5.82 Å². The van der Waals surface area contributed by atoms with Gasteiger partial charge in [-0.1, -0.05) is 37.3 Å². The van der Waals surface area contributed by atoms with Crippen molar-refractivity contribution in [3.05, 3.63) is 54.0 Å². The van der Waals surface area contributed by atoms with Crippen LogP contribution in [0.5, 0.6) is 0 Å². The first-order chi connectivity index (χ1) is 12.2. The molecule has 132 valence electrons. The van der Waals surface area contributed by atoms with Crippen molar-refractivity contribution in [3.8, 4) is 0 Å². The molecule has 0 bridgehead atoms. The molecule has 1 aromatic carbocycles. The van der Waals surface area contributed by atoms with Gasteiger partial charge in [-0.15, -0.1) is 0 Å². The highest BCUT2D eigenvalue weighted by Crippen LogP contribution is 2.19. The number of aromatic nitrogens is 2. The Morgan fingerprint density at radius 3 is 2.92 bits per heavy atom. The number of hydrogen-bond acceptors (Lipinski definition) is 5. The Labute approximate surface area is 147 Å². The zero-order valence-electron chi connectivity index (χ0n) is 14.4. The fourth-order valence-corrected chi connectivity index (χ4v) is 3.12. The Morgan fingerprint density at radius 2 is 2.16 bits per heavy atom. The number of benzene rings is 1. The second-order valence-electron chi connectivity index (χ2n) is 6.33. The van der Waals surface area contributed by atoms with Crippen LogP contribution in [-0.4, -0.2) is 40.1 Å². The largest absolute Gasteiger partial charge is 0.378 e. The summed E-state index contributed by atoms with van der Waals surface area (Å²) in [5, 5.41) is 13.2. The number of aryl methyl sites for hydroxylation is 1. The standard InChI is InChI=1S/C19H24N4O2/c1-2-15-11-17(21-13-20-15)23-10-6-9-16(12-23)22-19(25)18(24)14-7-4-3-5-8-14/h3-5,7-8,11,13,16,18,24H,2,6,9-10,12H2,1H3,(H,22,25)/t16-,18-/m1/s1. The number of carbonyl (C=O) groups is 1. The smallest absolute Gasteiger partial charge is 0.253 e. The molecule has 1 aliphatic rings. The lowest BCUT2D eigenvalue weighted by Crippen LogP contribution is -2.49. The molecule has 1 fully saturated rings. The fraction of sp³-hybridized carbons (Fsp3) is 0.421. The lowest BCUT2D eigenvalue weighted by atomic mass is 10.0. The highest BCUT2D eigenvalue weighted by atomic mass is 16.3. The van der Waals surface area contributed by atoms with Crippen molar-refractivity contribution in [2.45, 2.75) is 38.3 Å². The van der Waals surface area contributed by atoms with Crippen molar-refractivity contribution < 1.29 is 9.90 Å². The third-order valence-electron chi connectivity index (χ3n) is 4.53. The van der Waals surface area contributed by atoms with E-state index in [-0.39, 0.29) is 11.9 Å². The summed E-state index contributed by atoms with van der Waals surface area (Å²) in [6.07, 6.45) is 3.19. The summed E-state index contributed by atoms with van der Waals surface area (Å²) in [6, 6.07) is 11.0. The van der Waals surface area contributed by atoms with Crippen molar-refractivity contribution in [1.29, 1.82) is 0 Å². The second-order valence-corrected chi connectivity index (χ2v) is 6.33. The quantitative estimate of drug-likeness (QED) is 0.869. The van der Waals surface area contributed by atoms with Crippen LogP contribution in [0.25, 0.3) is 0 Å². The monoisotopic (exact) mass is 340 g/mol. The molecule has 2 aromatic rings. The fourth-order valence-electron chi connectivity index (χ4n) is 3.12. The number of rotatable bonds is 5. The Hall–Kier alpha value is -2.47. The van der Waals surface area contributed by atoms with E-state index < -0.39 is 6.10 Å². The minimum atomic E-state index is -1.14. The summed E-state index contributed by atoms with van der Waals surface area (Å²) in [6.45, 7) is 3.66. The van der Waals surface area contributed by atoms with E-state index in [2.05, 4.69) is 27.1 Å². The summed E-state index contributed by atoms with van der Waals surface area (Å²) in [7, 11) is 0. The maximum absolute atomic E-state index is 12.4. The van der Waals surface area contributed by atoms with Gasteiger partial charge in [-0.25, -0.2) is 9.97 Å². The second kappa shape index (κ2) is 8.07. The Bertz CT molecular complexity index is 708. The summed E-state index contributed by atoms with van der Waals surface area (Å²) < 4.78 is 0. The van der Waals surface area contributed by atoms with Crippen LogP contribution in [0.15, 0.2) is 42.7 Å². The Morgan fingerprint density at radius 1 is 1.36 bits per heavy atom. The molecule has 3 rings (SSSR count). The summed E-state index contributed by atoms with van der Waals surface area (Å²) in [5.41, 5.74) is 1.62. The molecule has 6 nitrogen and oxygen atoms in total. The Kier molecular flexibility index (Phi) is 5.60. The molecule has 0 aliphatic carbocycles. The van der Waals surface area contributed by atoms with Crippen LogP contribution in [0.1, 0.15) is 37.1 Å². The summed E-state index contributed by atoms with van der Waals surface area (Å²) in [5.74, 6) is 0.546. The molecule has 0 unspecified atom stereocenters. The van der Waals surface area contributed by atoms with Crippen molar-refractivity contribution in [2.24, 2.45) is 0 Å². The zero-order valence-corrected chi connectivity index (χ0v) is 14.4. The highest BCUT2D eigenvalue weighted by molar-refractivity contribution is 5.82. The van der Waals surface area contributed by atoms with Crippen molar-refractivity contribution in [2.75, 3.05) is 18.0 Å². The van der Waals surface area contributed by atoms with Gasteiger partial charge in [0.2, 0.25) is 0 Å². The maximum atomic E-state index is 12.4. The molecule has 1 saturated heterocycles. The predicted octanol–water partition coefficient (Wildman–Crippen LogP) is 1.86. The lowest BCUT2D eigenvalue weighted by Gasteiger charge is -2.34. The van der Waals surface area contributed by atoms with E-state index >= 15 is 0 Å². The maximum Gasteiger partial charge on any atom is 0.253 e. The molecule has 2 heterocycles. The van der Waals surface area contributed by atoms with Gasteiger partial charge in [0, 0.05) is 30.9 Å². The van der Waals surface area contributed by atoms with Gasteiger partial charge in [0.25, 0.3) is 5.91 Å². The van der Waals surface area contributed by atoms with Crippen molar-refractivity contribution >= 4 is 11.7 Å². The minimum absolute atomic E-state index is 0.000320. The molecule has 1 amide bonds. The minimum Gasteiger partial charge on any atom is -0.378 e. The molecule has 6 heteroatoms. The van der Waals surface area contributed by atoms with Gasteiger partial charge in [-0.3, -0.25) is 4.79 Å². The van der Waals surface area contributed by atoms with E-state index in [9.17, 15) is 9.90 Å². The molecule has 2 atom stereocenters. The molecule has 0 spiro atoms. The number of amides is 1. The first-order valence-corrected chi connectivity index (χ1v) is 8.76. The molecule has 2 N–H and O–H groups in total.